The van der Waals surface area contributed by atoms with Crippen molar-refractivity contribution in [3.05, 3.63) is 18.2 Å². The van der Waals surface area contributed by atoms with Crippen molar-refractivity contribution in [2.45, 2.75) is 12.5 Å². The van der Waals surface area contributed by atoms with Crippen molar-refractivity contribution in [2.75, 3.05) is 18.6 Å². The predicted molar refractivity (Wildman–Crippen MR) is 59.6 cm³/mol. The van der Waals surface area contributed by atoms with Gasteiger partial charge >= 0.3 is 0 Å². The lowest BCUT2D eigenvalue weighted by molar-refractivity contribution is -0.117. The lowest BCUT2D eigenvalue weighted by Crippen LogP contribution is -2.28. The van der Waals surface area contributed by atoms with Gasteiger partial charge in [0.05, 0.1) is 12.8 Å². The van der Waals surface area contributed by atoms with E-state index >= 15 is 0 Å². The van der Waals surface area contributed by atoms with Crippen LogP contribution in [0.1, 0.15) is 6.42 Å². The molecular formula is C11H14N2O3. The van der Waals surface area contributed by atoms with Crippen molar-refractivity contribution in [3.63, 3.8) is 0 Å². The Bertz CT molecular complexity index is 420. The second-order valence-corrected chi connectivity index (χ2v) is 3.82. The average molecular weight is 222 g/mol. The van der Waals surface area contributed by atoms with Gasteiger partial charge in [0, 0.05) is 25.1 Å². The van der Waals surface area contributed by atoms with Gasteiger partial charge in [-0.05, 0) is 12.1 Å². The third-order valence-corrected chi connectivity index (χ3v) is 2.63. The van der Waals surface area contributed by atoms with Crippen molar-refractivity contribution in [1.29, 1.82) is 0 Å². The first-order valence-electron chi connectivity index (χ1n) is 5.04. The number of amides is 1. The smallest absolute Gasteiger partial charge is 0.228 e. The lowest BCUT2D eigenvalue weighted by atomic mass is 10.2. The molecule has 1 saturated heterocycles. The Morgan fingerprint density at radius 2 is 2.31 bits per heavy atom. The van der Waals surface area contributed by atoms with E-state index in [9.17, 15) is 9.90 Å². The maximum absolute atomic E-state index is 11.6. The Morgan fingerprint density at radius 1 is 1.56 bits per heavy atom. The van der Waals surface area contributed by atoms with Crippen molar-refractivity contribution < 1.29 is 14.6 Å². The summed E-state index contributed by atoms with van der Waals surface area (Å²) in [5, 5.41) is 9.70. The molecule has 0 spiro atoms. The van der Waals surface area contributed by atoms with E-state index in [0.29, 0.717) is 24.4 Å². The van der Waals surface area contributed by atoms with Crippen molar-refractivity contribution in [3.8, 4) is 11.5 Å². The summed E-state index contributed by atoms with van der Waals surface area (Å²) in [6.45, 7) is 0.430. The number of hydrogen-bond acceptors (Lipinski definition) is 4. The topological polar surface area (TPSA) is 75.8 Å². The second kappa shape index (κ2) is 4.02. The number of nitrogens with two attached hydrogens (primary N) is 1. The highest BCUT2D eigenvalue weighted by atomic mass is 16.5. The van der Waals surface area contributed by atoms with Crippen LogP contribution in [-0.4, -0.2) is 30.7 Å². The summed E-state index contributed by atoms with van der Waals surface area (Å²) in [6.07, 6.45) is 0.316. The van der Waals surface area contributed by atoms with Crippen LogP contribution in [0.15, 0.2) is 18.2 Å². The molecule has 1 atom stereocenters. The van der Waals surface area contributed by atoms with Crippen molar-refractivity contribution in [1.82, 2.24) is 0 Å². The maximum atomic E-state index is 11.6. The number of hydrogen-bond donors (Lipinski definition) is 2. The van der Waals surface area contributed by atoms with E-state index in [1.165, 1.54) is 18.1 Å². The molecule has 0 aromatic heterocycles. The fourth-order valence-electron chi connectivity index (χ4n) is 1.81. The number of methoxy groups -OCH3 is 1. The summed E-state index contributed by atoms with van der Waals surface area (Å²) in [4.78, 5) is 13.1. The van der Waals surface area contributed by atoms with Gasteiger partial charge < -0.3 is 20.5 Å². The number of phenols is 1. The number of carbonyl (C=O) groups is 1. The fourth-order valence-corrected chi connectivity index (χ4v) is 1.81. The van der Waals surface area contributed by atoms with E-state index in [2.05, 4.69) is 0 Å². The summed E-state index contributed by atoms with van der Waals surface area (Å²) in [5.41, 5.74) is 6.15. The molecule has 86 valence electrons. The fraction of sp³-hybridized carbons (Fsp3) is 0.364. The Labute approximate surface area is 93.4 Å². The summed E-state index contributed by atoms with van der Waals surface area (Å²) in [6, 6.07) is 4.61. The van der Waals surface area contributed by atoms with Crippen LogP contribution in [0.25, 0.3) is 0 Å². The van der Waals surface area contributed by atoms with Crippen LogP contribution in [0.4, 0.5) is 5.69 Å². The summed E-state index contributed by atoms with van der Waals surface area (Å²) in [5.74, 6) is 0.584. The molecule has 1 unspecified atom stereocenters. The highest BCUT2D eigenvalue weighted by Crippen LogP contribution is 2.33. The monoisotopic (exact) mass is 222 g/mol. The molecule has 1 aromatic carbocycles. The molecule has 5 heteroatoms. The third-order valence-electron chi connectivity index (χ3n) is 2.63. The van der Waals surface area contributed by atoms with Crippen LogP contribution in [0, 0.1) is 0 Å². The highest BCUT2D eigenvalue weighted by molar-refractivity contribution is 5.97. The zero-order valence-electron chi connectivity index (χ0n) is 9.01. The molecule has 2 rings (SSSR count). The molecule has 1 aliphatic heterocycles. The third kappa shape index (κ3) is 1.81. The molecular weight excluding hydrogens is 208 g/mol. The number of aromatic hydroxyl groups is 1. The number of ether oxygens (including phenoxy) is 1. The Kier molecular flexibility index (Phi) is 2.70. The van der Waals surface area contributed by atoms with E-state index in [-0.39, 0.29) is 17.7 Å². The number of rotatable bonds is 2. The minimum absolute atomic E-state index is 0.0586. The van der Waals surface area contributed by atoms with Crippen LogP contribution in [-0.2, 0) is 4.79 Å². The summed E-state index contributed by atoms with van der Waals surface area (Å²) in [7, 11) is 1.54. The quantitative estimate of drug-likeness (QED) is 0.762. The summed E-state index contributed by atoms with van der Waals surface area (Å²) < 4.78 is 5.05. The molecule has 0 saturated carbocycles. The van der Waals surface area contributed by atoms with Gasteiger partial charge in [-0.15, -0.1) is 0 Å². The Morgan fingerprint density at radius 3 is 2.88 bits per heavy atom. The summed E-state index contributed by atoms with van der Waals surface area (Å²) >= 11 is 0. The number of anilines is 1. The number of nitrogens with zero attached hydrogens (tertiary/aromatic N) is 1. The number of carbonyl (C=O) groups excluding carboxylic acids is 1. The van der Waals surface area contributed by atoms with Crippen LogP contribution in [0.2, 0.25) is 0 Å². The van der Waals surface area contributed by atoms with E-state index in [0.717, 1.165) is 0 Å². The minimum Gasteiger partial charge on any atom is -0.506 e. The molecule has 0 radical (unpaired) electrons. The van der Waals surface area contributed by atoms with Gasteiger partial charge in [0.25, 0.3) is 0 Å². The van der Waals surface area contributed by atoms with Gasteiger partial charge in [0.15, 0.2) is 0 Å². The van der Waals surface area contributed by atoms with Crippen molar-refractivity contribution >= 4 is 11.6 Å². The zero-order chi connectivity index (χ0) is 11.7. The van der Waals surface area contributed by atoms with Gasteiger partial charge in [-0.1, -0.05) is 0 Å². The Balaban J connectivity index is 2.35. The first-order chi connectivity index (χ1) is 7.61. The first kappa shape index (κ1) is 10.8. The first-order valence-corrected chi connectivity index (χ1v) is 5.04. The second-order valence-electron chi connectivity index (χ2n) is 3.82. The van der Waals surface area contributed by atoms with E-state index in [1.807, 2.05) is 0 Å². The van der Waals surface area contributed by atoms with Crippen LogP contribution in [0.5, 0.6) is 11.5 Å². The number of phenolic OH excluding ortho intramolecular Hbond substituents is 1. The molecule has 1 aliphatic rings. The van der Waals surface area contributed by atoms with Gasteiger partial charge in [-0.25, -0.2) is 0 Å². The molecule has 1 heterocycles. The van der Waals surface area contributed by atoms with E-state index in [4.69, 9.17) is 10.5 Å². The molecule has 1 aromatic rings. The predicted octanol–water partition coefficient (Wildman–Crippen LogP) is 0.465. The minimum atomic E-state index is -0.168. The maximum Gasteiger partial charge on any atom is 0.228 e. The standard InChI is InChI=1S/C11H14N2O3/c1-16-8-2-3-10(14)9(5-8)13-6-7(12)4-11(13)15/h2-3,5,7,14H,4,6,12H2,1H3. The van der Waals surface area contributed by atoms with Crippen LogP contribution >= 0.6 is 0 Å². The molecule has 16 heavy (non-hydrogen) atoms. The SMILES string of the molecule is COc1ccc(O)c(N2CC(N)CC2=O)c1. The molecule has 0 bridgehead atoms. The van der Waals surface area contributed by atoms with Gasteiger partial charge in [0.2, 0.25) is 5.91 Å². The van der Waals surface area contributed by atoms with Crippen LogP contribution in [0.3, 0.4) is 0 Å². The normalized spacial score (nSPS) is 20.2. The molecule has 1 amide bonds. The van der Waals surface area contributed by atoms with Crippen molar-refractivity contribution in [2.24, 2.45) is 5.73 Å². The molecule has 0 aliphatic carbocycles. The van der Waals surface area contributed by atoms with Crippen LogP contribution < -0.4 is 15.4 Å². The largest absolute Gasteiger partial charge is 0.506 e. The van der Waals surface area contributed by atoms with Gasteiger partial charge in [-0.2, -0.15) is 0 Å². The average Bonchev–Trinajstić information content (AvgIpc) is 2.58. The zero-order valence-corrected chi connectivity index (χ0v) is 9.01. The molecule has 5 nitrogen and oxygen atoms in total. The number of benzene rings is 1. The molecule has 3 N–H and O–H groups in total. The van der Waals surface area contributed by atoms with Gasteiger partial charge in [-0.3, -0.25) is 4.79 Å². The van der Waals surface area contributed by atoms with E-state index in [1.54, 1.807) is 12.1 Å². The molecule has 1 fully saturated rings. The lowest BCUT2D eigenvalue weighted by Gasteiger charge is -2.18. The van der Waals surface area contributed by atoms with Gasteiger partial charge in [0.1, 0.15) is 11.5 Å². The highest BCUT2D eigenvalue weighted by Gasteiger charge is 2.29. The van der Waals surface area contributed by atoms with E-state index < -0.39 is 0 Å². The Hall–Kier alpha value is -1.75.